The molecule has 0 aliphatic heterocycles. The zero-order valence-corrected chi connectivity index (χ0v) is 12.2. The molecule has 0 spiro atoms. The molecule has 0 aliphatic rings. The van der Waals surface area contributed by atoms with E-state index < -0.39 is 5.54 Å². The van der Waals surface area contributed by atoms with E-state index in [1.54, 1.807) is 0 Å². The second kappa shape index (κ2) is 9.08. The fourth-order valence-corrected chi connectivity index (χ4v) is 2.04. The molecule has 2 N–H and O–H groups in total. The molecule has 3 nitrogen and oxygen atoms in total. The first-order valence-corrected chi connectivity index (χ1v) is 7.28. The van der Waals surface area contributed by atoms with E-state index in [1.807, 2.05) is 30.3 Å². The normalized spacial score (nSPS) is 14.3. The van der Waals surface area contributed by atoms with Crippen molar-refractivity contribution in [2.45, 2.75) is 38.6 Å². The van der Waals surface area contributed by atoms with Gasteiger partial charge in [-0.1, -0.05) is 50.6 Å². The van der Waals surface area contributed by atoms with E-state index in [2.05, 4.69) is 19.2 Å². The fraction of sp³-hybridized carbons (Fsp3) is 0.625. The minimum atomic E-state index is -0.481. The number of nitrogens with one attached hydrogen (secondary N) is 1. The average Bonchev–Trinajstić information content (AvgIpc) is 2.48. The van der Waals surface area contributed by atoms with Gasteiger partial charge >= 0.3 is 0 Å². The van der Waals surface area contributed by atoms with Gasteiger partial charge in [0, 0.05) is 6.61 Å². The van der Waals surface area contributed by atoms with Gasteiger partial charge in [-0.15, -0.1) is 0 Å². The molecule has 0 saturated heterocycles. The molecule has 0 aromatic heterocycles. The van der Waals surface area contributed by atoms with Crippen molar-refractivity contribution in [2.75, 3.05) is 26.4 Å². The first-order valence-electron chi connectivity index (χ1n) is 7.28. The molecule has 1 aromatic carbocycles. The largest absolute Gasteiger partial charge is 0.394 e. The molecule has 0 heterocycles. The summed E-state index contributed by atoms with van der Waals surface area (Å²) in [7, 11) is 0. The predicted molar refractivity (Wildman–Crippen MR) is 79.2 cm³/mol. The lowest BCUT2D eigenvalue weighted by Gasteiger charge is -2.33. The third-order valence-electron chi connectivity index (χ3n) is 3.30. The highest BCUT2D eigenvalue weighted by Crippen LogP contribution is 2.21. The smallest absolute Gasteiger partial charge is 0.0905 e. The van der Waals surface area contributed by atoms with Crippen molar-refractivity contribution in [3.8, 4) is 0 Å². The monoisotopic (exact) mass is 265 g/mol. The molecule has 0 fully saturated rings. The lowest BCUT2D eigenvalue weighted by Crippen LogP contribution is -2.49. The van der Waals surface area contributed by atoms with Crippen molar-refractivity contribution < 1.29 is 9.84 Å². The van der Waals surface area contributed by atoms with Crippen molar-refractivity contribution in [3.63, 3.8) is 0 Å². The summed E-state index contributed by atoms with van der Waals surface area (Å²) in [6, 6.07) is 10.1. The van der Waals surface area contributed by atoms with Crippen LogP contribution >= 0.6 is 0 Å². The summed E-state index contributed by atoms with van der Waals surface area (Å²) in [5.41, 5.74) is 0.604. The topological polar surface area (TPSA) is 41.5 Å². The quantitative estimate of drug-likeness (QED) is 0.639. The molecule has 0 saturated carbocycles. The van der Waals surface area contributed by atoms with Crippen LogP contribution in [-0.2, 0) is 10.3 Å². The molecular formula is C16H27NO2. The second-order valence-electron chi connectivity index (χ2n) is 4.94. The van der Waals surface area contributed by atoms with Crippen molar-refractivity contribution in [1.82, 2.24) is 5.32 Å². The number of aliphatic hydroxyl groups is 1. The summed E-state index contributed by atoms with van der Waals surface area (Å²) in [6.07, 6.45) is 3.22. The molecule has 1 atom stereocenters. The summed E-state index contributed by atoms with van der Waals surface area (Å²) in [5.74, 6) is 0. The van der Waals surface area contributed by atoms with E-state index in [4.69, 9.17) is 4.74 Å². The highest BCUT2D eigenvalue weighted by atomic mass is 16.5. The molecule has 3 heteroatoms. The van der Waals surface area contributed by atoms with Crippen molar-refractivity contribution in [3.05, 3.63) is 35.9 Å². The van der Waals surface area contributed by atoms with Gasteiger partial charge in [-0.3, -0.25) is 0 Å². The van der Waals surface area contributed by atoms with Gasteiger partial charge in [-0.25, -0.2) is 0 Å². The lowest BCUT2D eigenvalue weighted by molar-refractivity contribution is 0.0324. The Balaban J connectivity index is 2.75. The highest BCUT2D eigenvalue weighted by Gasteiger charge is 2.31. The van der Waals surface area contributed by atoms with Crippen LogP contribution < -0.4 is 5.32 Å². The van der Waals surface area contributed by atoms with Crippen molar-refractivity contribution in [1.29, 1.82) is 0 Å². The van der Waals surface area contributed by atoms with Crippen molar-refractivity contribution in [2.24, 2.45) is 0 Å². The van der Waals surface area contributed by atoms with Gasteiger partial charge in [0.05, 0.1) is 18.8 Å². The standard InChI is InChI=1S/C16H27NO2/c1-3-5-12-19-14-16(13-18,17-11-4-2)15-9-7-6-8-10-15/h6-10,17-18H,3-5,11-14H2,1-2H3. The van der Waals surface area contributed by atoms with Crippen LogP contribution in [0, 0.1) is 0 Å². The molecule has 19 heavy (non-hydrogen) atoms. The Kier molecular flexibility index (Phi) is 7.72. The Hall–Kier alpha value is -0.900. The molecule has 1 unspecified atom stereocenters. The SMILES string of the molecule is CCCCOCC(CO)(NCCC)c1ccccc1. The van der Waals surface area contributed by atoms with E-state index in [0.717, 1.165) is 38.0 Å². The van der Waals surface area contributed by atoms with E-state index in [1.165, 1.54) is 0 Å². The second-order valence-corrected chi connectivity index (χ2v) is 4.94. The van der Waals surface area contributed by atoms with Gasteiger partial charge in [0.1, 0.15) is 0 Å². The Morgan fingerprint density at radius 3 is 2.47 bits per heavy atom. The number of hydrogen-bond acceptors (Lipinski definition) is 3. The van der Waals surface area contributed by atoms with Crippen LogP contribution in [0.2, 0.25) is 0 Å². The third-order valence-corrected chi connectivity index (χ3v) is 3.30. The van der Waals surface area contributed by atoms with Gasteiger partial charge < -0.3 is 15.2 Å². The number of unbranched alkanes of at least 4 members (excludes halogenated alkanes) is 1. The zero-order valence-electron chi connectivity index (χ0n) is 12.2. The lowest BCUT2D eigenvalue weighted by atomic mass is 9.91. The number of rotatable bonds is 10. The van der Waals surface area contributed by atoms with Gasteiger partial charge in [-0.05, 0) is 24.9 Å². The van der Waals surface area contributed by atoms with Crippen LogP contribution in [-0.4, -0.2) is 31.5 Å². The maximum Gasteiger partial charge on any atom is 0.0905 e. The molecule has 0 radical (unpaired) electrons. The Morgan fingerprint density at radius 2 is 1.89 bits per heavy atom. The number of hydrogen-bond donors (Lipinski definition) is 2. The number of ether oxygens (including phenoxy) is 1. The Morgan fingerprint density at radius 1 is 1.16 bits per heavy atom. The summed E-state index contributed by atoms with van der Waals surface area (Å²) < 4.78 is 5.76. The number of benzene rings is 1. The minimum Gasteiger partial charge on any atom is -0.394 e. The van der Waals surface area contributed by atoms with E-state index in [0.29, 0.717) is 6.61 Å². The maximum absolute atomic E-state index is 9.87. The van der Waals surface area contributed by atoms with E-state index in [9.17, 15) is 5.11 Å². The first kappa shape index (κ1) is 16.2. The van der Waals surface area contributed by atoms with Crippen LogP contribution in [0.3, 0.4) is 0 Å². The molecular weight excluding hydrogens is 238 g/mol. The summed E-state index contributed by atoms with van der Waals surface area (Å²) in [5, 5.41) is 13.3. The van der Waals surface area contributed by atoms with Crippen LogP contribution in [0.1, 0.15) is 38.7 Å². The Labute approximate surface area is 117 Å². The molecule has 1 aromatic rings. The van der Waals surface area contributed by atoms with E-state index in [-0.39, 0.29) is 6.61 Å². The predicted octanol–water partition coefficient (Wildman–Crippen LogP) is 2.69. The van der Waals surface area contributed by atoms with Crippen LogP contribution in [0.15, 0.2) is 30.3 Å². The maximum atomic E-state index is 9.87. The molecule has 1 rings (SSSR count). The average molecular weight is 265 g/mol. The van der Waals surface area contributed by atoms with Crippen LogP contribution in [0.5, 0.6) is 0 Å². The molecule has 108 valence electrons. The van der Waals surface area contributed by atoms with Crippen LogP contribution in [0.25, 0.3) is 0 Å². The van der Waals surface area contributed by atoms with Gasteiger partial charge in [0.15, 0.2) is 0 Å². The summed E-state index contributed by atoms with van der Waals surface area (Å²) >= 11 is 0. The third kappa shape index (κ3) is 4.94. The van der Waals surface area contributed by atoms with Crippen molar-refractivity contribution >= 4 is 0 Å². The highest BCUT2D eigenvalue weighted by molar-refractivity contribution is 5.25. The van der Waals surface area contributed by atoms with E-state index >= 15 is 0 Å². The zero-order chi connectivity index (χ0) is 14.0. The molecule has 0 bridgehead atoms. The van der Waals surface area contributed by atoms with Gasteiger partial charge in [0.25, 0.3) is 0 Å². The fourth-order valence-electron chi connectivity index (χ4n) is 2.04. The summed E-state index contributed by atoms with van der Waals surface area (Å²) in [6.45, 7) is 6.44. The summed E-state index contributed by atoms with van der Waals surface area (Å²) in [4.78, 5) is 0. The minimum absolute atomic E-state index is 0.0448. The molecule has 0 aliphatic carbocycles. The first-order chi connectivity index (χ1) is 9.29. The van der Waals surface area contributed by atoms with Gasteiger partial charge in [-0.2, -0.15) is 0 Å². The Bertz CT molecular complexity index is 329. The number of aliphatic hydroxyl groups excluding tert-OH is 1. The van der Waals surface area contributed by atoms with Gasteiger partial charge in [0.2, 0.25) is 0 Å². The van der Waals surface area contributed by atoms with Crippen LogP contribution in [0.4, 0.5) is 0 Å². The molecule has 0 amide bonds.